The molecule has 0 aromatic carbocycles. The number of esters is 1. The van der Waals surface area contributed by atoms with Crippen LogP contribution in [0.2, 0.25) is 0 Å². The minimum atomic E-state index is -0.601. The lowest BCUT2D eigenvalue weighted by atomic mass is 9.80. The fourth-order valence-corrected chi connectivity index (χ4v) is 4.03. The third-order valence-corrected chi connectivity index (χ3v) is 5.96. The van der Waals surface area contributed by atoms with Crippen molar-refractivity contribution in [2.45, 2.75) is 53.0 Å². The van der Waals surface area contributed by atoms with E-state index in [-0.39, 0.29) is 29.1 Å². The molecular weight excluding hydrogens is 396 g/mol. The SMILES string of the molecule is CCOC(=O)c1cn2c(cc1=O)-c1nc(OC)c(OCC3CC3)cc1CC2C(C)(C)C. The van der Waals surface area contributed by atoms with Crippen LogP contribution in [-0.2, 0) is 11.2 Å². The zero-order valence-electron chi connectivity index (χ0n) is 18.9. The summed E-state index contributed by atoms with van der Waals surface area (Å²) >= 11 is 0. The maximum absolute atomic E-state index is 12.8. The third kappa shape index (κ3) is 4.18. The van der Waals surface area contributed by atoms with Crippen LogP contribution in [0.1, 0.15) is 62.5 Å². The second-order valence-corrected chi connectivity index (χ2v) is 9.41. The van der Waals surface area contributed by atoms with Crippen molar-refractivity contribution in [3.8, 4) is 23.0 Å². The van der Waals surface area contributed by atoms with Gasteiger partial charge in [0.2, 0.25) is 0 Å². The number of ether oxygens (including phenoxy) is 3. The zero-order valence-corrected chi connectivity index (χ0v) is 18.9. The summed E-state index contributed by atoms with van der Waals surface area (Å²) in [5, 5.41) is 0. The van der Waals surface area contributed by atoms with Crippen molar-refractivity contribution >= 4 is 5.97 Å². The van der Waals surface area contributed by atoms with Crippen molar-refractivity contribution in [3.63, 3.8) is 0 Å². The number of methoxy groups -OCH3 is 1. The van der Waals surface area contributed by atoms with Gasteiger partial charge in [0.1, 0.15) is 5.56 Å². The Morgan fingerprint density at radius 1 is 1.26 bits per heavy atom. The van der Waals surface area contributed by atoms with E-state index in [1.54, 1.807) is 20.2 Å². The van der Waals surface area contributed by atoms with E-state index in [1.807, 2.05) is 10.6 Å². The molecule has 0 amide bonds. The third-order valence-electron chi connectivity index (χ3n) is 5.96. The van der Waals surface area contributed by atoms with Gasteiger partial charge >= 0.3 is 5.97 Å². The maximum atomic E-state index is 12.8. The number of pyridine rings is 2. The number of hydrogen-bond acceptors (Lipinski definition) is 6. The number of aromatic nitrogens is 2. The van der Waals surface area contributed by atoms with Crippen LogP contribution >= 0.6 is 0 Å². The minimum Gasteiger partial charge on any atom is -0.488 e. The molecule has 7 nitrogen and oxygen atoms in total. The Kier molecular flexibility index (Phi) is 5.54. The average molecular weight is 427 g/mol. The molecule has 0 radical (unpaired) electrons. The predicted octanol–water partition coefficient (Wildman–Crippen LogP) is 4.03. The van der Waals surface area contributed by atoms with Gasteiger partial charge in [0.25, 0.3) is 5.88 Å². The monoisotopic (exact) mass is 426 g/mol. The second kappa shape index (κ2) is 8.02. The normalized spacial score (nSPS) is 17.5. The highest BCUT2D eigenvalue weighted by atomic mass is 16.5. The van der Waals surface area contributed by atoms with Crippen molar-refractivity contribution in [2.24, 2.45) is 11.3 Å². The van der Waals surface area contributed by atoms with Crippen molar-refractivity contribution in [1.82, 2.24) is 9.55 Å². The fraction of sp³-hybridized carbons (Fsp3) is 0.542. The highest BCUT2D eigenvalue weighted by Crippen LogP contribution is 2.44. The van der Waals surface area contributed by atoms with Crippen LogP contribution in [0.25, 0.3) is 11.4 Å². The van der Waals surface area contributed by atoms with Gasteiger partial charge in [0.05, 0.1) is 31.7 Å². The first-order chi connectivity index (χ1) is 14.7. The number of fused-ring (bicyclic) bond motifs is 3. The molecule has 1 atom stereocenters. The van der Waals surface area contributed by atoms with E-state index in [0.29, 0.717) is 42.0 Å². The van der Waals surface area contributed by atoms with Gasteiger partial charge in [-0.1, -0.05) is 20.8 Å². The molecule has 3 heterocycles. The number of carbonyl (C=O) groups excluding carboxylic acids is 1. The molecular formula is C24H30N2O5. The summed E-state index contributed by atoms with van der Waals surface area (Å²) in [7, 11) is 1.57. The largest absolute Gasteiger partial charge is 0.488 e. The lowest BCUT2D eigenvalue weighted by Gasteiger charge is -2.38. The molecule has 0 saturated heterocycles. The topological polar surface area (TPSA) is 79.7 Å². The number of nitrogens with zero attached hydrogens (tertiary/aromatic N) is 2. The van der Waals surface area contributed by atoms with E-state index in [4.69, 9.17) is 19.2 Å². The molecule has 1 aliphatic carbocycles. The van der Waals surface area contributed by atoms with Crippen molar-refractivity contribution in [1.29, 1.82) is 0 Å². The molecule has 0 N–H and O–H groups in total. The van der Waals surface area contributed by atoms with E-state index < -0.39 is 5.97 Å². The summed E-state index contributed by atoms with van der Waals surface area (Å²) in [5.41, 5.74) is 1.91. The van der Waals surface area contributed by atoms with Crippen LogP contribution in [-0.4, -0.2) is 35.8 Å². The summed E-state index contributed by atoms with van der Waals surface area (Å²) in [6.45, 7) is 9.05. The van der Waals surface area contributed by atoms with Crippen LogP contribution in [0.4, 0.5) is 0 Å². The highest BCUT2D eigenvalue weighted by molar-refractivity contribution is 5.89. The number of hydrogen-bond donors (Lipinski definition) is 0. The molecule has 0 spiro atoms. The maximum Gasteiger partial charge on any atom is 0.343 e. The van der Waals surface area contributed by atoms with Gasteiger partial charge in [-0.25, -0.2) is 9.78 Å². The zero-order chi connectivity index (χ0) is 22.3. The van der Waals surface area contributed by atoms with Crippen LogP contribution in [0.15, 0.2) is 23.1 Å². The molecule has 0 bridgehead atoms. The van der Waals surface area contributed by atoms with Crippen molar-refractivity contribution in [2.75, 3.05) is 20.3 Å². The molecule has 1 fully saturated rings. The van der Waals surface area contributed by atoms with Crippen LogP contribution in [0, 0.1) is 11.3 Å². The van der Waals surface area contributed by atoms with E-state index in [2.05, 4.69) is 20.8 Å². The van der Waals surface area contributed by atoms with Crippen LogP contribution < -0.4 is 14.9 Å². The van der Waals surface area contributed by atoms with Crippen molar-refractivity contribution in [3.05, 3.63) is 39.7 Å². The lowest BCUT2D eigenvalue weighted by molar-refractivity contribution is 0.0523. The Morgan fingerprint density at radius 3 is 2.61 bits per heavy atom. The van der Waals surface area contributed by atoms with Crippen molar-refractivity contribution < 1.29 is 19.0 Å². The van der Waals surface area contributed by atoms with Gasteiger partial charge in [0.15, 0.2) is 11.2 Å². The first kappa shape index (κ1) is 21.4. The minimum absolute atomic E-state index is 0.0234. The Bertz CT molecular complexity index is 1060. The second-order valence-electron chi connectivity index (χ2n) is 9.41. The van der Waals surface area contributed by atoms with Crippen LogP contribution in [0.5, 0.6) is 11.6 Å². The molecule has 31 heavy (non-hydrogen) atoms. The summed E-state index contributed by atoms with van der Waals surface area (Å²) in [6, 6.07) is 3.51. The molecule has 1 unspecified atom stereocenters. The molecule has 2 aromatic heterocycles. The van der Waals surface area contributed by atoms with E-state index >= 15 is 0 Å². The van der Waals surface area contributed by atoms with Gasteiger partial charge < -0.3 is 18.8 Å². The van der Waals surface area contributed by atoms with E-state index in [1.165, 1.54) is 18.9 Å². The molecule has 1 saturated carbocycles. The first-order valence-corrected chi connectivity index (χ1v) is 10.9. The van der Waals surface area contributed by atoms with E-state index in [0.717, 1.165) is 5.56 Å². The lowest BCUT2D eigenvalue weighted by Crippen LogP contribution is -2.33. The molecule has 7 heteroatoms. The van der Waals surface area contributed by atoms with Gasteiger partial charge in [-0.3, -0.25) is 4.79 Å². The number of rotatable bonds is 6. The average Bonchev–Trinajstić information content (AvgIpc) is 3.54. The summed E-state index contributed by atoms with van der Waals surface area (Å²) in [5.74, 6) is 1.06. The first-order valence-electron chi connectivity index (χ1n) is 10.9. The Hall–Kier alpha value is -2.83. The molecule has 166 valence electrons. The van der Waals surface area contributed by atoms with Crippen LogP contribution in [0.3, 0.4) is 0 Å². The van der Waals surface area contributed by atoms with Gasteiger partial charge in [-0.15, -0.1) is 0 Å². The van der Waals surface area contributed by atoms with Gasteiger partial charge in [-0.05, 0) is 49.1 Å². The standard InChI is InChI=1S/C24H30N2O5/c1-6-30-23(28)16-12-26-17(11-18(16)27)21-15(10-20(26)24(2,3)4)9-19(22(25-21)29-5)31-13-14-7-8-14/h9,11-12,14,20H,6-8,10,13H2,1-5H3. The highest BCUT2D eigenvalue weighted by Gasteiger charge is 2.35. The fourth-order valence-electron chi connectivity index (χ4n) is 4.03. The Balaban J connectivity index is 1.85. The van der Waals surface area contributed by atoms with Gasteiger partial charge in [-0.2, -0.15) is 0 Å². The molecule has 2 aliphatic rings. The summed E-state index contributed by atoms with van der Waals surface area (Å²) < 4.78 is 18.6. The smallest absolute Gasteiger partial charge is 0.343 e. The summed E-state index contributed by atoms with van der Waals surface area (Å²) in [4.78, 5) is 29.8. The molecule has 4 rings (SSSR count). The molecule has 1 aliphatic heterocycles. The number of carbonyl (C=O) groups is 1. The Labute approximate surface area is 182 Å². The quantitative estimate of drug-likeness (QED) is 0.649. The predicted molar refractivity (Wildman–Crippen MR) is 117 cm³/mol. The Morgan fingerprint density at radius 2 is 2.00 bits per heavy atom. The van der Waals surface area contributed by atoms with Gasteiger partial charge in [0, 0.05) is 18.3 Å². The summed E-state index contributed by atoms with van der Waals surface area (Å²) in [6.07, 6.45) is 4.73. The van der Waals surface area contributed by atoms with E-state index in [9.17, 15) is 9.59 Å². The molecule has 2 aromatic rings.